The van der Waals surface area contributed by atoms with Crippen molar-refractivity contribution in [2.75, 3.05) is 13.2 Å². The van der Waals surface area contributed by atoms with Gasteiger partial charge in [-0.05, 0) is 13.8 Å². The van der Waals surface area contributed by atoms with E-state index in [1.165, 1.54) is 0 Å². The maximum Gasteiger partial charge on any atom is 0.293 e. The predicted molar refractivity (Wildman–Crippen MR) is 101 cm³/mol. The number of hydrogen-bond acceptors (Lipinski definition) is 8. The van der Waals surface area contributed by atoms with Gasteiger partial charge >= 0.3 is 0 Å². The molecule has 136 valence electrons. The Bertz CT molecular complexity index is 573. The topological polar surface area (TPSA) is 70.0 Å². The van der Waals surface area contributed by atoms with Gasteiger partial charge in [0.2, 0.25) is 0 Å². The van der Waals surface area contributed by atoms with Crippen molar-refractivity contribution in [2.45, 2.75) is 21.4 Å². The van der Waals surface area contributed by atoms with E-state index in [0.29, 0.717) is 23.6 Å². The molecule has 14 heteroatoms. The van der Waals surface area contributed by atoms with E-state index in [1.807, 2.05) is 13.8 Å². The van der Waals surface area contributed by atoms with Gasteiger partial charge in [0.25, 0.3) is 18.0 Å². The number of rotatable bonds is 4. The van der Waals surface area contributed by atoms with Crippen molar-refractivity contribution < 1.29 is 9.47 Å². The predicted octanol–water partition coefficient (Wildman–Crippen LogP) is 5.53. The molecule has 0 fully saturated rings. The summed E-state index contributed by atoms with van der Waals surface area (Å²) in [5.74, 6) is 0.307. The van der Waals surface area contributed by atoms with Crippen molar-refractivity contribution in [3.8, 4) is 10.4 Å². The molecule has 0 aliphatic rings. The summed E-state index contributed by atoms with van der Waals surface area (Å²) in [7, 11) is 0. The SMILES string of the molecule is CCOc1nc(C(Cl)(Cl)Cl)ns1.CCOc1nc(C(Cl)(Cl)Cl)ns1. The van der Waals surface area contributed by atoms with Crippen molar-refractivity contribution >= 4 is 92.7 Å². The van der Waals surface area contributed by atoms with Gasteiger partial charge in [-0.15, -0.1) is 0 Å². The summed E-state index contributed by atoms with van der Waals surface area (Å²) in [6.45, 7) is 4.73. The maximum absolute atomic E-state index is 5.53. The standard InChI is InChI=1S/2C5H5Cl3N2OS/c2*1-2-11-4-9-3(10-12-4)5(6,7)8/h2*2H2,1H3. The van der Waals surface area contributed by atoms with Crippen LogP contribution in [0.4, 0.5) is 0 Å². The molecule has 0 N–H and O–H groups in total. The lowest BCUT2D eigenvalue weighted by Gasteiger charge is -2.02. The maximum atomic E-state index is 5.53. The molecule has 2 rings (SSSR count). The molecular formula is C10H10Cl6N4O2S2. The zero-order valence-electron chi connectivity index (χ0n) is 12.1. The van der Waals surface area contributed by atoms with Gasteiger partial charge in [0.05, 0.1) is 13.2 Å². The normalized spacial score (nSPS) is 11.7. The molecule has 0 radical (unpaired) electrons. The van der Waals surface area contributed by atoms with Gasteiger partial charge in [-0.3, -0.25) is 0 Å². The Morgan fingerprint density at radius 3 is 1.29 bits per heavy atom. The highest BCUT2D eigenvalue weighted by Gasteiger charge is 2.29. The molecule has 0 atom stereocenters. The van der Waals surface area contributed by atoms with Crippen LogP contribution in [0.25, 0.3) is 0 Å². The number of nitrogens with zero attached hydrogens (tertiary/aromatic N) is 4. The van der Waals surface area contributed by atoms with E-state index in [0.717, 1.165) is 23.1 Å². The molecule has 0 aromatic carbocycles. The average Bonchev–Trinajstić information content (AvgIpc) is 3.08. The quantitative estimate of drug-likeness (QED) is 0.521. The van der Waals surface area contributed by atoms with Crippen molar-refractivity contribution in [1.82, 2.24) is 18.7 Å². The molecule has 0 unspecified atom stereocenters. The summed E-state index contributed by atoms with van der Waals surface area (Å²) in [4.78, 5) is 7.72. The molecule has 2 aromatic rings. The summed E-state index contributed by atoms with van der Waals surface area (Å²) in [5.41, 5.74) is 0. The summed E-state index contributed by atoms with van der Waals surface area (Å²) >= 11 is 35.3. The fourth-order valence-corrected chi connectivity index (χ4v) is 3.10. The Kier molecular flexibility index (Phi) is 9.34. The lowest BCUT2D eigenvalue weighted by atomic mass is 10.7. The van der Waals surface area contributed by atoms with E-state index in [2.05, 4.69) is 18.7 Å². The van der Waals surface area contributed by atoms with Crippen LogP contribution in [0.5, 0.6) is 10.4 Å². The van der Waals surface area contributed by atoms with Crippen LogP contribution in [-0.2, 0) is 7.59 Å². The van der Waals surface area contributed by atoms with Gasteiger partial charge in [0.1, 0.15) is 0 Å². The third-order valence-corrected chi connectivity index (χ3v) is 4.13. The summed E-state index contributed by atoms with van der Waals surface area (Å²) in [6, 6.07) is 0. The molecule has 0 aliphatic heterocycles. The van der Waals surface area contributed by atoms with Gasteiger partial charge in [-0.2, -0.15) is 18.7 Å². The van der Waals surface area contributed by atoms with E-state index < -0.39 is 7.59 Å². The van der Waals surface area contributed by atoms with Crippen LogP contribution < -0.4 is 9.47 Å². The van der Waals surface area contributed by atoms with Gasteiger partial charge in [-0.1, -0.05) is 69.6 Å². The van der Waals surface area contributed by atoms with Gasteiger partial charge < -0.3 is 9.47 Å². The Morgan fingerprint density at radius 2 is 1.08 bits per heavy atom. The largest absolute Gasteiger partial charge is 0.469 e. The lowest BCUT2D eigenvalue weighted by molar-refractivity contribution is 0.337. The Labute approximate surface area is 176 Å². The fraction of sp³-hybridized carbons (Fsp3) is 0.600. The number of ether oxygens (including phenoxy) is 2. The smallest absolute Gasteiger partial charge is 0.293 e. The molecule has 0 saturated carbocycles. The number of halogens is 6. The first kappa shape index (κ1) is 22.5. The number of aromatic nitrogens is 4. The van der Waals surface area contributed by atoms with Crippen molar-refractivity contribution in [1.29, 1.82) is 0 Å². The highest BCUT2D eigenvalue weighted by molar-refractivity contribution is 7.07. The van der Waals surface area contributed by atoms with E-state index in [9.17, 15) is 0 Å². The molecule has 2 aromatic heterocycles. The molecule has 2 heterocycles. The van der Waals surface area contributed by atoms with Crippen molar-refractivity contribution in [2.24, 2.45) is 0 Å². The monoisotopic (exact) mass is 492 g/mol. The second-order valence-corrected chi connectivity index (χ2v) is 9.62. The summed E-state index contributed by atoms with van der Waals surface area (Å²) in [5, 5.41) is 0.831. The first-order valence-corrected chi connectivity index (χ1v) is 9.96. The Hall–Kier alpha value is 0.460. The van der Waals surface area contributed by atoms with E-state index >= 15 is 0 Å². The molecule has 0 aliphatic carbocycles. The minimum atomic E-state index is -1.56. The minimum absolute atomic E-state index is 0.154. The first-order chi connectivity index (χ1) is 11.1. The van der Waals surface area contributed by atoms with Crippen LogP contribution in [0.1, 0.15) is 25.5 Å². The zero-order valence-corrected chi connectivity index (χ0v) is 18.3. The number of hydrogen-bond donors (Lipinski definition) is 0. The molecular weight excluding hydrogens is 485 g/mol. The van der Waals surface area contributed by atoms with Crippen LogP contribution in [0.2, 0.25) is 0 Å². The molecule has 24 heavy (non-hydrogen) atoms. The highest BCUT2D eigenvalue weighted by Crippen LogP contribution is 2.38. The zero-order chi connectivity index (χ0) is 18.4. The Balaban J connectivity index is 0.000000240. The molecule has 6 nitrogen and oxygen atoms in total. The van der Waals surface area contributed by atoms with Crippen LogP contribution in [0.15, 0.2) is 0 Å². The lowest BCUT2D eigenvalue weighted by Crippen LogP contribution is -2.02. The Morgan fingerprint density at radius 1 is 0.750 bits per heavy atom. The number of alkyl halides is 6. The molecule has 0 amide bonds. The van der Waals surface area contributed by atoms with Gasteiger partial charge in [0, 0.05) is 23.1 Å². The summed E-state index contributed by atoms with van der Waals surface area (Å²) < 4.78 is 14.6. The van der Waals surface area contributed by atoms with Crippen molar-refractivity contribution in [3.05, 3.63) is 11.6 Å². The molecule has 0 spiro atoms. The minimum Gasteiger partial charge on any atom is -0.469 e. The van der Waals surface area contributed by atoms with E-state index in [4.69, 9.17) is 79.1 Å². The van der Waals surface area contributed by atoms with E-state index in [1.54, 1.807) is 0 Å². The van der Waals surface area contributed by atoms with Crippen LogP contribution in [0.3, 0.4) is 0 Å². The van der Waals surface area contributed by atoms with E-state index in [-0.39, 0.29) is 11.6 Å². The third kappa shape index (κ3) is 7.78. The summed E-state index contributed by atoms with van der Waals surface area (Å²) in [6.07, 6.45) is 0. The first-order valence-electron chi connectivity index (χ1n) is 6.15. The molecule has 0 bridgehead atoms. The second-order valence-electron chi connectivity index (χ2n) is 3.63. The van der Waals surface area contributed by atoms with Gasteiger partial charge in [0.15, 0.2) is 11.6 Å². The van der Waals surface area contributed by atoms with Crippen LogP contribution >= 0.6 is 92.7 Å². The second kappa shape index (κ2) is 9.97. The fourth-order valence-electron chi connectivity index (χ4n) is 1.01. The molecule has 0 saturated heterocycles. The average molecular weight is 495 g/mol. The highest BCUT2D eigenvalue weighted by atomic mass is 35.6. The van der Waals surface area contributed by atoms with Gasteiger partial charge in [-0.25, -0.2) is 0 Å². The van der Waals surface area contributed by atoms with Crippen LogP contribution in [0, 0.1) is 0 Å². The third-order valence-electron chi connectivity index (χ3n) is 1.86. The van der Waals surface area contributed by atoms with Crippen molar-refractivity contribution in [3.63, 3.8) is 0 Å². The van der Waals surface area contributed by atoms with Crippen LogP contribution in [-0.4, -0.2) is 31.9 Å².